The van der Waals surface area contributed by atoms with E-state index < -0.39 is 0 Å². The van der Waals surface area contributed by atoms with Gasteiger partial charge in [-0.25, -0.2) is 0 Å². The summed E-state index contributed by atoms with van der Waals surface area (Å²) < 4.78 is 11.2. The SMILES string of the molecule is CN(Cc1ccco1)C(=O)CNc1ccccc1Oc1ccccc1Cl. The number of anilines is 1. The summed E-state index contributed by atoms with van der Waals surface area (Å²) >= 11 is 6.15. The Kier molecular flexibility index (Phi) is 5.81. The van der Waals surface area contributed by atoms with Crippen LogP contribution in [0.15, 0.2) is 71.3 Å². The Balaban J connectivity index is 1.63. The number of hydrogen-bond acceptors (Lipinski definition) is 4. The molecular weight excluding hydrogens is 352 g/mol. The molecule has 0 saturated carbocycles. The first-order valence-electron chi connectivity index (χ1n) is 8.15. The topological polar surface area (TPSA) is 54.7 Å². The summed E-state index contributed by atoms with van der Waals surface area (Å²) in [6, 6.07) is 18.3. The van der Waals surface area contributed by atoms with Gasteiger partial charge in [0.05, 0.1) is 30.1 Å². The van der Waals surface area contributed by atoms with Crippen molar-refractivity contribution in [2.45, 2.75) is 6.54 Å². The van der Waals surface area contributed by atoms with Gasteiger partial charge in [0.2, 0.25) is 5.91 Å². The van der Waals surface area contributed by atoms with Gasteiger partial charge in [-0.3, -0.25) is 4.79 Å². The summed E-state index contributed by atoms with van der Waals surface area (Å²) in [7, 11) is 1.73. The number of carbonyl (C=O) groups excluding carboxylic acids is 1. The summed E-state index contributed by atoms with van der Waals surface area (Å²) in [6.07, 6.45) is 1.59. The molecule has 0 aliphatic rings. The van der Waals surface area contributed by atoms with Gasteiger partial charge < -0.3 is 19.4 Å². The zero-order chi connectivity index (χ0) is 18.4. The number of furan rings is 1. The van der Waals surface area contributed by atoms with Gasteiger partial charge in [0, 0.05) is 7.05 Å². The lowest BCUT2D eigenvalue weighted by atomic mass is 10.2. The number of benzene rings is 2. The summed E-state index contributed by atoms with van der Waals surface area (Å²) in [5.74, 6) is 1.84. The Morgan fingerprint density at radius 1 is 1.08 bits per heavy atom. The Morgan fingerprint density at radius 3 is 2.54 bits per heavy atom. The second-order valence-electron chi connectivity index (χ2n) is 5.71. The van der Waals surface area contributed by atoms with Crippen molar-refractivity contribution in [1.29, 1.82) is 0 Å². The first-order chi connectivity index (χ1) is 12.6. The molecule has 3 aromatic rings. The van der Waals surface area contributed by atoms with Crippen molar-refractivity contribution in [3.05, 3.63) is 77.7 Å². The lowest BCUT2D eigenvalue weighted by molar-refractivity contribution is -0.128. The smallest absolute Gasteiger partial charge is 0.242 e. The van der Waals surface area contributed by atoms with E-state index in [0.717, 1.165) is 5.76 Å². The molecule has 1 N–H and O–H groups in total. The molecule has 1 aromatic heterocycles. The third-order valence-corrected chi connectivity index (χ3v) is 4.08. The van der Waals surface area contributed by atoms with E-state index in [0.29, 0.717) is 28.8 Å². The number of nitrogens with zero attached hydrogens (tertiary/aromatic N) is 1. The molecule has 2 aromatic carbocycles. The zero-order valence-electron chi connectivity index (χ0n) is 14.3. The highest BCUT2D eigenvalue weighted by Gasteiger charge is 2.12. The molecule has 5 nitrogen and oxygen atoms in total. The molecule has 3 rings (SSSR count). The van der Waals surface area contributed by atoms with Crippen LogP contribution in [0, 0.1) is 0 Å². The van der Waals surface area contributed by atoms with E-state index in [1.54, 1.807) is 36.4 Å². The first-order valence-corrected chi connectivity index (χ1v) is 8.53. The average molecular weight is 371 g/mol. The molecule has 1 amide bonds. The van der Waals surface area contributed by atoms with Crippen LogP contribution in [0.3, 0.4) is 0 Å². The average Bonchev–Trinajstić information content (AvgIpc) is 3.15. The molecule has 6 heteroatoms. The van der Waals surface area contributed by atoms with E-state index in [2.05, 4.69) is 5.32 Å². The van der Waals surface area contributed by atoms with Gasteiger partial charge in [0.25, 0.3) is 0 Å². The maximum absolute atomic E-state index is 12.3. The molecule has 0 bridgehead atoms. The maximum atomic E-state index is 12.3. The van der Waals surface area contributed by atoms with Crippen molar-refractivity contribution in [3.63, 3.8) is 0 Å². The lowest BCUT2D eigenvalue weighted by Crippen LogP contribution is -2.31. The molecule has 0 radical (unpaired) electrons. The fraction of sp³-hybridized carbons (Fsp3) is 0.150. The Labute approximate surface area is 157 Å². The number of ether oxygens (including phenoxy) is 1. The predicted octanol–water partition coefficient (Wildman–Crippen LogP) is 4.80. The number of nitrogens with one attached hydrogen (secondary N) is 1. The van der Waals surface area contributed by atoms with Crippen molar-refractivity contribution in [3.8, 4) is 11.5 Å². The molecule has 134 valence electrons. The molecule has 0 aliphatic carbocycles. The normalized spacial score (nSPS) is 10.4. The van der Waals surface area contributed by atoms with E-state index in [1.165, 1.54) is 0 Å². The summed E-state index contributed by atoms with van der Waals surface area (Å²) in [4.78, 5) is 13.9. The van der Waals surface area contributed by atoms with Gasteiger partial charge in [-0.05, 0) is 36.4 Å². The fourth-order valence-electron chi connectivity index (χ4n) is 2.38. The molecule has 26 heavy (non-hydrogen) atoms. The van der Waals surface area contributed by atoms with Crippen LogP contribution in [0.4, 0.5) is 5.69 Å². The minimum absolute atomic E-state index is 0.0612. The third kappa shape index (κ3) is 4.58. The summed E-state index contributed by atoms with van der Waals surface area (Å²) in [5.41, 5.74) is 0.715. The molecule has 0 unspecified atom stereocenters. The Bertz CT molecular complexity index is 865. The van der Waals surface area contributed by atoms with Crippen molar-refractivity contribution in [1.82, 2.24) is 4.90 Å². The van der Waals surface area contributed by atoms with Crippen LogP contribution in [0.1, 0.15) is 5.76 Å². The van der Waals surface area contributed by atoms with Crippen molar-refractivity contribution >= 4 is 23.2 Å². The van der Waals surface area contributed by atoms with Crippen LogP contribution in [-0.4, -0.2) is 24.4 Å². The molecule has 0 saturated heterocycles. The van der Waals surface area contributed by atoms with Crippen LogP contribution in [-0.2, 0) is 11.3 Å². The van der Waals surface area contributed by atoms with Crippen LogP contribution in [0.25, 0.3) is 0 Å². The third-order valence-electron chi connectivity index (χ3n) is 3.77. The van der Waals surface area contributed by atoms with E-state index >= 15 is 0 Å². The van der Waals surface area contributed by atoms with E-state index in [-0.39, 0.29) is 12.5 Å². The number of hydrogen-bond donors (Lipinski definition) is 1. The first kappa shape index (κ1) is 17.9. The Hall–Kier alpha value is -2.92. The molecule has 1 heterocycles. The highest BCUT2D eigenvalue weighted by atomic mass is 35.5. The van der Waals surface area contributed by atoms with Crippen molar-refractivity contribution in [2.75, 3.05) is 18.9 Å². The van der Waals surface area contributed by atoms with Crippen LogP contribution < -0.4 is 10.1 Å². The number of rotatable bonds is 7. The molecule has 0 fully saturated rings. The van der Waals surface area contributed by atoms with Gasteiger partial charge in [0.15, 0.2) is 5.75 Å². The quantitative estimate of drug-likeness (QED) is 0.649. The molecule has 0 atom stereocenters. The number of para-hydroxylation sites is 3. The van der Waals surface area contributed by atoms with E-state index in [4.69, 9.17) is 20.8 Å². The minimum Gasteiger partial charge on any atom is -0.467 e. The van der Waals surface area contributed by atoms with Crippen molar-refractivity contribution < 1.29 is 13.9 Å². The molecular formula is C20H19ClN2O3. The zero-order valence-corrected chi connectivity index (χ0v) is 15.1. The van der Waals surface area contributed by atoms with Crippen molar-refractivity contribution in [2.24, 2.45) is 0 Å². The van der Waals surface area contributed by atoms with Gasteiger partial charge in [-0.2, -0.15) is 0 Å². The number of amides is 1. The monoisotopic (exact) mass is 370 g/mol. The molecule has 0 spiro atoms. The van der Waals surface area contributed by atoms with Gasteiger partial charge in [-0.1, -0.05) is 35.9 Å². The van der Waals surface area contributed by atoms with Gasteiger partial charge >= 0.3 is 0 Å². The standard InChI is InChI=1S/C20H19ClN2O3/c1-23(14-15-7-6-12-25-15)20(24)13-22-17-9-3-5-11-19(17)26-18-10-4-2-8-16(18)21/h2-12,22H,13-14H2,1H3. The van der Waals surface area contributed by atoms with Crippen LogP contribution in [0.5, 0.6) is 11.5 Å². The minimum atomic E-state index is -0.0612. The lowest BCUT2D eigenvalue weighted by Gasteiger charge is -2.18. The van der Waals surface area contributed by atoms with Crippen LogP contribution in [0.2, 0.25) is 5.02 Å². The predicted molar refractivity (Wildman–Crippen MR) is 102 cm³/mol. The number of halogens is 1. The second kappa shape index (κ2) is 8.45. The van der Waals surface area contributed by atoms with Crippen LogP contribution >= 0.6 is 11.6 Å². The Morgan fingerprint density at radius 2 is 1.81 bits per heavy atom. The van der Waals surface area contributed by atoms with Gasteiger partial charge in [0.1, 0.15) is 11.5 Å². The summed E-state index contributed by atoms with van der Waals surface area (Å²) in [6.45, 7) is 0.561. The fourth-order valence-corrected chi connectivity index (χ4v) is 2.55. The second-order valence-corrected chi connectivity index (χ2v) is 6.12. The summed E-state index contributed by atoms with van der Waals surface area (Å²) in [5, 5.41) is 3.65. The highest BCUT2D eigenvalue weighted by molar-refractivity contribution is 6.32. The number of likely N-dealkylation sites (N-methyl/N-ethyl adjacent to an activating group) is 1. The largest absolute Gasteiger partial charge is 0.467 e. The highest BCUT2D eigenvalue weighted by Crippen LogP contribution is 2.33. The maximum Gasteiger partial charge on any atom is 0.242 e. The van der Waals surface area contributed by atoms with E-state index in [9.17, 15) is 4.79 Å². The van der Waals surface area contributed by atoms with Gasteiger partial charge in [-0.15, -0.1) is 0 Å². The number of carbonyl (C=O) groups is 1. The van der Waals surface area contributed by atoms with E-state index in [1.807, 2.05) is 42.5 Å². The molecule has 0 aliphatic heterocycles.